The Morgan fingerprint density at radius 1 is 0.810 bits per heavy atom. The number of aryl methyl sites for hydroxylation is 1. The summed E-state index contributed by atoms with van der Waals surface area (Å²) in [6, 6.07) is 22.6. The van der Waals surface area contributed by atoms with Crippen molar-refractivity contribution in [3.05, 3.63) is 145 Å². The molecule has 2 nitrogen and oxygen atoms in total. The van der Waals surface area contributed by atoms with E-state index in [9.17, 15) is 13.2 Å². The Bertz CT molecular complexity index is 1310. The highest BCUT2D eigenvalue weighted by Crippen LogP contribution is 2.30. The van der Waals surface area contributed by atoms with Gasteiger partial charge in [-0.2, -0.15) is 18.4 Å². The van der Waals surface area contributed by atoms with Crippen LogP contribution in [0.15, 0.2) is 111 Å². The molecular formula is C37H44F3NO. The standard InChI is InChI=1S/C21H16F3N.C10H12O.2C2H6.C2H4/c1-14-9-18(11-19(10-14)16(3)15(2)13-25)8-7-17-5-4-6-20(12-17)21(22,23)24;1-3-11-9(2)10-7-5-4-6-8-10;3*1-2/h4-12H,2-3H2,1H3;4-8H,2-3H2,1H3;2*1-2H3;1-2H2/b8-7+;;;;. The van der Waals surface area contributed by atoms with E-state index < -0.39 is 11.7 Å². The molecule has 0 saturated carbocycles. The molecule has 3 rings (SSSR count). The van der Waals surface area contributed by atoms with E-state index in [0.29, 0.717) is 17.7 Å². The lowest BCUT2D eigenvalue weighted by molar-refractivity contribution is -0.137. The number of alkyl halides is 3. The minimum absolute atomic E-state index is 0.276. The number of hydrogen-bond donors (Lipinski definition) is 0. The van der Waals surface area contributed by atoms with E-state index in [1.165, 1.54) is 6.07 Å². The van der Waals surface area contributed by atoms with Crippen LogP contribution >= 0.6 is 0 Å². The molecule has 224 valence electrons. The maximum Gasteiger partial charge on any atom is 0.416 e. The first-order valence-corrected chi connectivity index (χ1v) is 13.7. The molecule has 3 aromatic rings. The minimum atomic E-state index is -4.37. The summed E-state index contributed by atoms with van der Waals surface area (Å²) in [6.45, 7) is 29.8. The third kappa shape index (κ3) is 14.7. The predicted octanol–water partition coefficient (Wildman–Crippen LogP) is 11.8. The van der Waals surface area contributed by atoms with Crippen molar-refractivity contribution in [2.75, 3.05) is 6.61 Å². The Labute approximate surface area is 251 Å². The van der Waals surface area contributed by atoms with E-state index in [2.05, 4.69) is 32.9 Å². The highest BCUT2D eigenvalue weighted by atomic mass is 19.4. The van der Waals surface area contributed by atoms with Crippen LogP contribution in [0.25, 0.3) is 23.5 Å². The number of nitrogens with zero attached hydrogens (tertiary/aromatic N) is 1. The number of halogens is 3. The first-order valence-electron chi connectivity index (χ1n) is 13.7. The van der Waals surface area contributed by atoms with Gasteiger partial charge in [-0.3, -0.25) is 0 Å². The van der Waals surface area contributed by atoms with Crippen LogP contribution in [0.5, 0.6) is 0 Å². The van der Waals surface area contributed by atoms with Gasteiger partial charge < -0.3 is 4.74 Å². The molecule has 0 N–H and O–H groups in total. The van der Waals surface area contributed by atoms with Crippen LogP contribution in [0.4, 0.5) is 13.2 Å². The molecule has 3 aromatic carbocycles. The minimum Gasteiger partial charge on any atom is -0.494 e. The summed E-state index contributed by atoms with van der Waals surface area (Å²) in [7, 11) is 0. The second kappa shape index (κ2) is 22.2. The van der Waals surface area contributed by atoms with Crippen molar-refractivity contribution >= 4 is 23.5 Å². The summed E-state index contributed by atoms with van der Waals surface area (Å²) in [5, 5.41) is 8.93. The van der Waals surface area contributed by atoms with Gasteiger partial charge in [-0.15, -0.1) is 13.2 Å². The average Bonchev–Trinajstić information content (AvgIpc) is 3.02. The average molecular weight is 576 g/mol. The van der Waals surface area contributed by atoms with E-state index in [4.69, 9.17) is 10.00 Å². The molecule has 0 spiro atoms. The van der Waals surface area contributed by atoms with Gasteiger partial charge in [0.05, 0.1) is 23.8 Å². The van der Waals surface area contributed by atoms with E-state index in [-0.39, 0.29) is 5.57 Å². The fraction of sp³-hybridized carbons (Fsp3) is 0.216. The highest BCUT2D eigenvalue weighted by molar-refractivity contribution is 5.82. The third-order valence-corrected chi connectivity index (χ3v) is 5.04. The van der Waals surface area contributed by atoms with Gasteiger partial charge in [0.25, 0.3) is 0 Å². The van der Waals surface area contributed by atoms with Crippen LogP contribution in [0, 0.1) is 18.3 Å². The first kappa shape index (κ1) is 39.6. The molecule has 0 aromatic heterocycles. The number of nitriles is 1. The van der Waals surface area contributed by atoms with Gasteiger partial charge in [0, 0.05) is 5.56 Å². The first-order chi connectivity index (χ1) is 20.0. The van der Waals surface area contributed by atoms with E-state index >= 15 is 0 Å². The Morgan fingerprint density at radius 3 is 1.90 bits per heavy atom. The zero-order chi connectivity index (χ0) is 32.7. The summed E-state index contributed by atoms with van der Waals surface area (Å²) >= 11 is 0. The van der Waals surface area contributed by atoms with Crippen molar-refractivity contribution in [2.45, 2.75) is 47.7 Å². The van der Waals surface area contributed by atoms with E-state index in [0.717, 1.165) is 40.1 Å². The molecule has 0 aliphatic rings. The molecule has 0 amide bonds. The molecule has 0 fully saturated rings. The molecule has 0 heterocycles. The van der Waals surface area contributed by atoms with Gasteiger partial charge in [0.15, 0.2) is 0 Å². The van der Waals surface area contributed by atoms with Crippen LogP contribution in [0.1, 0.15) is 68.0 Å². The van der Waals surface area contributed by atoms with Crippen molar-refractivity contribution in [1.82, 2.24) is 0 Å². The monoisotopic (exact) mass is 575 g/mol. The van der Waals surface area contributed by atoms with Gasteiger partial charge in [0.2, 0.25) is 0 Å². The molecule has 5 heteroatoms. The second-order valence-electron chi connectivity index (χ2n) is 7.88. The number of hydrogen-bond acceptors (Lipinski definition) is 2. The second-order valence-corrected chi connectivity index (χ2v) is 7.88. The van der Waals surface area contributed by atoms with Gasteiger partial charge in [-0.25, -0.2) is 0 Å². The molecule has 0 bridgehead atoms. The molecule has 0 atom stereocenters. The Kier molecular flexibility index (Phi) is 20.9. The molecule has 0 saturated heterocycles. The van der Waals surface area contributed by atoms with Gasteiger partial charge >= 0.3 is 6.18 Å². The largest absolute Gasteiger partial charge is 0.494 e. The van der Waals surface area contributed by atoms with Crippen LogP contribution in [0.2, 0.25) is 0 Å². The lowest BCUT2D eigenvalue weighted by Gasteiger charge is -2.08. The third-order valence-electron chi connectivity index (χ3n) is 5.04. The predicted molar refractivity (Wildman–Crippen MR) is 176 cm³/mol. The molecule has 0 aliphatic heterocycles. The Morgan fingerprint density at radius 2 is 1.38 bits per heavy atom. The van der Waals surface area contributed by atoms with Crippen molar-refractivity contribution in [3.63, 3.8) is 0 Å². The van der Waals surface area contributed by atoms with Crippen LogP contribution < -0.4 is 0 Å². The molecule has 0 radical (unpaired) electrons. The zero-order valence-corrected chi connectivity index (χ0v) is 25.8. The maximum atomic E-state index is 12.8. The zero-order valence-electron chi connectivity index (χ0n) is 25.8. The molecule has 42 heavy (non-hydrogen) atoms. The highest BCUT2D eigenvalue weighted by Gasteiger charge is 2.30. The number of rotatable bonds is 7. The van der Waals surface area contributed by atoms with E-state index in [1.807, 2.05) is 96.1 Å². The SMILES string of the molecule is C=C.C=C(C#N)C(=C)c1cc(C)cc(/C=C/c2cccc(C(F)(F)F)c2)c1.C=C(OCC)c1ccccc1.CC.CC. The topological polar surface area (TPSA) is 33.0 Å². The fourth-order valence-electron chi connectivity index (χ4n) is 3.22. The van der Waals surface area contributed by atoms with Crippen molar-refractivity contribution in [1.29, 1.82) is 5.26 Å². The van der Waals surface area contributed by atoms with Crippen molar-refractivity contribution in [2.24, 2.45) is 0 Å². The Balaban J connectivity index is 0. The summed E-state index contributed by atoms with van der Waals surface area (Å²) < 4.78 is 43.5. The fourth-order valence-corrected chi connectivity index (χ4v) is 3.22. The number of ether oxygens (including phenoxy) is 1. The lowest BCUT2D eigenvalue weighted by atomic mass is 9.97. The molecular weight excluding hydrogens is 531 g/mol. The van der Waals surface area contributed by atoms with Gasteiger partial charge in [-0.1, -0.05) is 114 Å². The van der Waals surface area contributed by atoms with E-state index in [1.54, 1.807) is 18.2 Å². The normalized spacial score (nSPS) is 9.52. The molecule has 0 aliphatic carbocycles. The summed E-state index contributed by atoms with van der Waals surface area (Å²) in [5.74, 6) is 0.744. The Hall–Kier alpha value is -4.56. The summed E-state index contributed by atoms with van der Waals surface area (Å²) in [5.41, 5.74) is 4.15. The quantitative estimate of drug-likeness (QED) is 0.0923. The number of benzene rings is 3. The lowest BCUT2D eigenvalue weighted by Crippen LogP contribution is -2.04. The van der Waals surface area contributed by atoms with Gasteiger partial charge in [-0.05, 0) is 59.9 Å². The number of allylic oxidation sites excluding steroid dienone is 2. The van der Waals surface area contributed by atoms with Crippen LogP contribution in [-0.4, -0.2) is 6.61 Å². The van der Waals surface area contributed by atoms with Crippen molar-refractivity contribution in [3.8, 4) is 6.07 Å². The summed E-state index contributed by atoms with van der Waals surface area (Å²) in [4.78, 5) is 0. The maximum absolute atomic E-state index is 12.8. The van der Waals surface area contributed by atoms with Gasteiger partial charge in [0.1, 0.15) is 5.76 Å². The molecule has 0 unspecified atom stereocenters. The summed E-state index contributed by atoms with van der Waals surface area (Å²) in [6.07, 6.45) is -1.01. The van der Waals surface area contributed by atoms with Crippen molar-refractivity contribution < 1.29 is 17.9 Å². The van der Waals surface area contributed by atoms with Crippen LogP contribution in [0.3, 0.4) is 0 Å². The smallest absolute Gasteiger partial charge is 0.416 e. The van der Waals surface area contributed by atoms with Crippen LogP contribution in [-0.2, 0) is 10.9 Å².